The topological polar surface area (TPSA) is 51.2 Å². The molecule has 1 N–H and O–H groups in total. The van der Waals surface area contributed by atoms with Gasteiger partial charge in [-0.1, -0.05) is 19.9 Å². The quantitative estimate of drug-likeness (QED) is 0.831. The summed E-state index contributed by atoms with van der Waals surface area (Å²) in [6.07, 6.45) is 5.51. The second-order valence-electron chi connectivity index (χ2n) is 5.94. The van der Waals surface area contributed by atoms with Crippen LogP contribution in [0.25, 0.3) is 0 Å². The number of aryl methyl sites for hydroxylation is 1. The molecule has 1 aliphatic rings. The predicted molar refractivity (Wildman–Crippen MR) is 78.9 cm³/mol. The van der Waals surface area contributed by atoms with Crippen LogP contribution in [0.3, 0.4) is 0 Å². The second kappa shape index (κ2) is 6.84. The van der Waals surface area contributed by atoms with E-state index in [0.29, 0.717) is 24.4 Å². The highest BCUT2D eigenvalue weighted by atomic mass is 16.5. The number of hydrogen-bond donors (Lipinski definition) is 1. The van der Waals surface area contributed by atoms with Crippen molar-refractivity contribution in [3.8, 4) is 5.88 Å². The number of ketones is 1. The van der Waals surface area contributed by atoms with Gasteiger partial charge in [-0.15, -0.1) is 0 Å². The Morgan fingerprint density at radius 1 is 1.45 bits per heavy atom. The third-order valence-corrected chi connectivity index (χ3v) is 3.51. The molecule has 1 saturated carbocycles. The van der Waals surface area contributed by atoms with Crippen molar-refractivity contribution in [2.45, 2.75) is 64.6 Å². The van der Waals surface area contributed by atoms with Gasteiger partial charge in [0, 0.05) is 30.8 Å². The number of Topliss-reactive ketones (excluding diaryl/α,β-unsaturated/α-hetero) is 1. The fraction of sp³-hybridized carbons (Fsp3) is 0.625. The molecule has 0 atom stereocenters. The Balaban J connectivity index is 1.73. The molecule has 0 aromatic carbocycles. The van der Waals surface area contributed by atoms with Gasteiger partial charge in [0.2, 0.25) is 5.88 Å². The summed E-state index contributed by atoms with van der Waals surface area (Å²) in [6, 6.07) is 5.00. The molecule has 4 heteroatoms. The molecule has 0 unspecified atom stereocenters. The summed E-state index contributed by atoms with van der Waals surface area (Å²) >= 11 is 0. The van der Waals surface area contributed by atoms with Crippen molar-refractivity contribution in [3.05, 3.63) is 23.9 Å². The molecule has 2 rings (SSSR count). The molecular formula is C16H24N2O2. The molecule has 1 heterocycles. The zero-order valence-corrected chi connectivity index (χ0v) is 12.6. The summed E-state index contributed by atoms with van der Waals surface area (Å²) in [7, 11) is 0. The molecule has 0 amide bonds. The smallest absolute Gasteiger partial charge is 0.213 e. The van der Waals surface area contributed by atoms with E-state index in [1.807, 2.05) is 12.1 Å². The van der Waals surface area contributed by atoms with Crippen molar-refractivity contribution < 1.29 is 9.53 Å². The predicted octanol–water partition coefficient (Wildman–Crippen LogP) is 2.51. The third-order valence-electron chi connectivity index (χ3n) is 3.51. The van der Waals surface area contributed by atoms with Crippen LogP contribution in [0, 0.1) is 0 Å². The molecule has 1 aromatic rings. The van der Waals surface area contributed by atoms with Gasteiger partial charge in [0.15, 0.2) is 0 Å². The van der Waals surface area contributed by atoms with Crippen LogP contribution < -0.4 is 10.1 Å². The zero-order valence-electron chi connectivity index (χ0n) is 12.6. The summed E-state index contributed by atoms with van der Waals surface area (Å²) in [5, 5.41) is 3.50. The second-order valence-corrected chi connectivity index (χ2v) is 5.94. The Kier molecular flexibility index (Phi) is 5.12. The number of nitrogens with one attached hydrogen (secondary N) is 1. The van der Waals surface area contributed by atoms with E-state index in [2.05, 4.69) is 24.1 Å². The minimum absolute atomic E-state index is 0.212. The summed E-state index contributed by atoms with van der Waals surface area (Å²) < 4.78 is 5.82. The van der Waals surface area contributed by atoms with Gasteiger partial charge in [-0.05, 0) is 31.7 Å². The Morgan fingerprint density at radius 2 is 2.20 bits per heavy atom. The molecule has 0 radical (unpaired) electrons. The lowest BCUT2D eigenvalue weighted by Gasteiger charge is -2.36. The van der Waals surface area contributed by atoms with Gasteiger partial charge in [0.1, 0.15) is 11.9 Å². The van der Waals surface area contributed by atoms with Crippen molar-refractivity contribution in [2.24, 2.45) is 0 Å². The number of nitrogens with zero attached hydrogens (tertiary/aromatic N) is 1. The van der Waals surface area contributed by atoms with Gasteiger partial charge >= 0.3 is 0 Å². The van der Waals surface area contributed by atoms with Crippen molar-refractivity contribution in [3.63, 3.8) is 0 Å². The number of carbonyl (C=O) groups is 1. The number of aromatic nitrogens is 1. The van der Waals surface area contributed by atoms with Gasteiger partial charge in [0.25, 0.3) is 0 Å². The van der Waals surface area contributed by atoms with Crippen LogP contribution in [0.15, 0.2) is 18.3 Å². The standard InChI is InChI=1S/C16H24N2O2/c1-11(2)18-14-8-15(9-14)20-16-7-6-13(10-17-16)5-4-12(3)19/h6-7,10-11,14-15,18H,4-5,8-9H2,1-3H3/t14-,15-. The van der Waals surface area contributed by atoms with Crippen LogP contribution in [0.2, 0.25) is 0 Å². The normalized spacial score (nSPS) is 21.6. The Morgan fingerprint density at radius 3 is 2.75 bits per heavy atom. The maximum atomic E-state index is 10.9. The number of carbonyl (C=O) groups excluding carboxylic acids is 1. The molecule has 20 heavy (non-hydrogen) atoms. The first-order chi connectivity index (χ1) is 9.52. The van der Waals surface area contributed by atoms with E-state index in [0.717, 1.165) is 24.8 Å². The summed E-state index contributed by atoms with van der Waals surface area (Å²) in [5.74, 6) is 0.896. The summed E-state index contributed by atoms with van der Waals surface area (Å²) in [5.41, 5.74) is 1.08. The Labute approximate surface area is 120 Å². The Hall–Kier alpha value is -1.42. The van der Waals surface area contributed by atoms with Crippen LogP contribution in [-0.4, -0.2) is 29.0 Å². The van der Waals surface area contributed by atoms with E-state index in [-0.39, 0.29) is 11.9 Å². The van der Waals surface area contributed by atoms with Crippen molar-refractivity contribution >= 4 is 5.78 Å². The molecule has 1 aliphatic carbocycles. The first-order valence-corrected chi connectivity index (χ1v) is 7.40. The highest BCUT2D eigenvalue weighted by Crippen LogP contribution is 2.25. The molecule has 0 saturated heterocycles. The minimum Gasteiger partial charge on any atom is -0.474 e. The number of ether oxygens (including phenoxy) is 1. The van der Waals surface area contributed by atoms with Crippen molar-refractivity contribution in [1.29, 1.82) is 0 Å². The fourth-order valence-electron chi connectivity index (χ4n) is 2.39. The molecule has 4 nitrogen and oxygen atoms in total. The lowest BCUT2D eigenvalue weighted by atomic mass is 9.89. The van der Waals surface area contributed by atoms with Gasteiger partial charge in [-0.25, -0.2) is 4.98 Å². The van der Waals surface area contributed by atoms with Crippen LogP contribution >= 0.6 is 0 Å². The molecule has 0 spiro atoms. The first kappa shape index (κ1) is 15.0. The molecule has 1 fully saturated rings. The van der Waals surface area contributed by atoms with Crippen molar-refractivity contribution in [2.75, 3.05) is 0 Å². The largest absolute Gasteiger partial charge is 0.474 e. The molecule has 110 valence electrons. The zero-order chi connectivity index (χ0) is 14.5. The number of rotatable bonds is 7. The lowest BCUT2D eigenvalue weighted by Crippen LogP contribution is -2.49. The highest BCUT2D eigenvalue weighted by molar-refractivity contribution is 5.75. The monoisotopic (exact) mass is 276 g/mol. The fourth-order valence-corrected chi connectivity index (χ4v) is 2.39. The van der Waals surface area contributed by atoms with Crippen LogP contribution in [-0.2, 0) is 11.2 Å². The highest BCUT2D eigenvalue weighted by Gasteiger charge is 2.31. The van der Waals surface area contributed by atoms with Gasteiger partial charge in [-0.2, -0.15) is 0 Å². The van der Waals surface area contributed by atoms with E-state index < -0.39 is 0 Å². The number of pyridine rings is 1. The molecule has 0 aliphatic heterocycles. The molecule has 0 bridgehead atoms. The number of hydrogen-bond acceptors (Lipinski definition) is 4. The van der Waals surface area contributed by atoms with E-state index >= 15 is 0 Å². The lowest BCUT2D eigenvalue weighted by molar-refractivity contribution is -0.116. The van der Waals surface area contributed by atoms with Crippen LogP contribution in [0.5, 0.6) is 5.88 Å². The van der Waals surface area contributed by atoms with E-state index in [4.69, 9.17) is 4.74 Å². The maximum Gasteiger partial charge on any atom is 0.213 e. The van der Waals surface area contributed by atoms with E-state index in [9.17, 15) is 4.79 Å². The van der Waals surface area contributed by atoms with E-state index in [1.165, 1.54) is 0 Å². The van der Waals surface area contributed by atoms with Gasteiger partial charge in [-0.3, -0.25) is 0 Å². The van der Waals surface area contributed by atoms with Gasteiger partial charge in [0.05, 0.1) is 0 Å². The van der Waals surface area contributed by atoms with Crippen LogP contribution in [0.1, 0.15) is 45.6 Å². The average Bonchev–Trinajstić information content (AvgIpc) is 2.34. The van der Waals surface area contributed by atoms with Crippen LogP contribution in [0.4, 0.5) is 0 Å². The maximum absolute atomic E-state index is 10.9. The molecule has 1 aromatic heterocycles. The summed E-state index contributed by atoms with van der Waals surface area (Å²) in [6.45, 7) is 5.94. The SMILES string of the molecule is CC(=O)CCc1ccc(O[C@H]2C[C@H](NC(C)C)C2)nc1. The first-order valence-electron chi connectivity index (χ1n) is 7.40. The average molecular weight is 276 g/mol. The third kappa shape index (κ3) is 4.60. The van der Waals surface area contributed by atoms with Crippen molar-refractivity contribution in [1.82, 2.24) is 10.3 Å². The molecular weight excluding hydrogens is 252 g/mol. The van der Waals surface area contributed by atoms with Gasteiger partial charge < -0.3 is 14.8 Å². The minimum atomic E-state index is 0.212. The van der Waals surface area contributed by atoms with E-state index in [1.54, 1.807) is 13.1 Å². The summed E-state index contributed by atoms with van der Waals surface area (Å²) in [4.78, 5) is 15.2. The Bertz CT molecular complexity index is 436.